The Morgan fingerprint density at radius 3 is 1.40 bits per heavy atom. The van der Waals surface area contributed by atoms with Crippen molar-refractivity contribution in [1.29, 1.82) is 5.26 Å². The largest absolute Gasteiger partial charge is 0.300 e. The Labute approximate surface area is 63.9 Å². The number of carbonyl (C=O) groups is 1. The van der Waals surface area contributed by atoms with Crippen molar-refractivity contribution < 1.29 is 4.79 Å². The number of Topliss-reactive ketones (excluding diaryl/α,β-unsaturated/α-hetero) is 1. The predicted octanol–water partition coefficient (Wildman–Crippen LogP) is 1.98. The molecule has 0 saturated carbocycles. The molecule has 0 bridgehead atoms. The van der Waals surface area contributed by atoms with E-state index in [0.717, 1.165) is 0 Å². The zero-order chi connectivity index (χ0) is 8.78. The zero-order valence-corrected chi connectivity index (χ0v) is 8.36. The fourth-order valence-electron chi connectivity index (χ4n) is 0. The molecule has 0 aliphatic rings. The van der Waals surface area contributed by atoms with Crippen molar-refractivity contribution in [2.45, 2.75) is 33.5 Å². The standard InChI is InChI=1S/C4H9NSi.C3H6O/c1-6(2,3)4-5;1-3(2)4/h1-3H3;1-2H3. The highest BCUT2D eigenvalue weighted by Gasteiger charge is 2.09. The first-order valence-electron chi connectivity index (χ1n) is 3.18. The predicted molar refractivity (Wildman–Crippen MR) is 45.3 cm³/mol. The average molecular weight is 157 g/mol. The van der Waals surface area contributed by atoms with Crippen LogP contribution >= 0.6 is 0 Å². The van der Waals surface area contributed by atoms with E-state index in [2.05, 4.69) is 5.69 Å². The molecule has 0 amide bonds. The van der Waals surface area contributed by atoms with Crippen LogP contribution < -0.4 is 0 Å². The second-order valence-corrected chi connectivity index (χ2v) is 7.99. The van der Waals surface area contributed by atoms with Gasteiger partial charge in [0.15, 0.2) is 8.07 Å². The zero-order valence-electron chi connectivity index (χ0n) is 7.36. The van der Waals surface area contributed by atoms with Gasteiger partial charge < -0.3 is 4.79 Å². The summed E-state index contributed by atoms with van der Waals surface area (Å²) in [6.45, 7) is 9.12. The molecule has 0 saturated heterocycles. The van der Waals surface area contributed by atoms with Crippen LogP contribution in [0.4, 0.5) is 0 Å². The second kappa shape index (κ2) is 5.18. The average Bonchev–Trinajstić information content (AvgIpc) is 1.63. The van der Waals surface area contributed by atoms with Gasteiger partial charge in [-0.3, -0.25) is 0 Å². The van der Waals surface area contributed by atoms with Gasteiger partial charge in [0.2, 0.25) is 0 Å². The summed E-state index contributed by atoms with van der Waals surface area (Å²) < 4.78 is 0. The molecule has 0 aromatic heterocycles. The fourth-order valence-corrected chi connectivity index (χ4v) is 0. The van der Waals surface area contributed by atoms with Gasteiger partial charge in [-0.15, -0.1) is 0 Å². The third-order valence-electron chi connectivity index (χ3n) is 0.335. The molecule has 0 aliphatic heterocycles. The molecule has 0 fully saturated rings. The molecular weight excluding hydrogens is 142 g/mol. The van der Waals surface area contributed by atoms with Gasteiger partial charge in [0, 0.05) is 5.69 Å². The molecule has 0 heterocycles. The van der Waals surface area contributed by atoms with Crippen LogP contribution in [0, 0.1) is 11.0 Å². The number of ketones is 1. The summed E-state index contributed by atoms with van der Waals surface area (Å²) >= 11 is 0. The van der Waals surface area contributed by atoms with Crippen molar-refractivity contribution in [1.82, 2.24) is 0 Å². The van der Waals surface area contributed by atoms with Gasteiger partial charge in [0.1, 0.15) is 5.78 Å². The highest BCUT2D eigenvalue weighted by atomic mass is 28.3. The molecule has 3 heteroatoms. The summed E-state index contributed by atoms with van der Waals surface area (Å²) in [5, 5.41) is 8.21. The van der Waals surface area contributed by atoms with Crippen LogP contribution in [-0.2, 0) is 4.79 Å². The molecular formula is C7H15NOSi. The molecule has 0 rings (SSSR count). The van der Waals surface area contributed by atoms with Gasteiger partial charge >= 0.3 is 0 Å². The van der Waals surface area contributed by atoms with Gasteiger partial charge in [-0.25, -0.2) is 5.26 Å². The van der Waals surface area contributed by atoms with Crippen molar-refractivity contribution in [3.05, 3.63) is 0 Å². The van der Waals surface area contributed by atoms with Gasteiger partial charge in [-0.05, 0) is 13.8 Å². The number of carbonyl (C=O) groups excluding carboxylic acids is 1. The van der Waals surface area contributed by atoms with E-state index in [-0.39, 0.29) is 5.78 Å². The van der Waals surface area contributed by atoms with E-state index in [9.17, 15) is 4.79 Å². The van der Waals surface area contributed by atoms with Gasteiger partial charge in [-0.1, -0.05) is 19.6 Å². The van der Waals surface area contributed by atoms with E-state index in [0.29, 0.717) is 0 Å². The Kier molecular flexibility index (Phi) is 6.27. The molecule has 58 valence electrons. The van der Waals surface area contributed by atoms with Crippen molar-refractivity contribution in [3.63, 3.8) is 0 Å². The molecule has 0 atom stereocenters. The molecule has 0 aliphatic carbocycles. The molecule has 2 nitrogen and oxygen atoms in total. The van der Waals surface area contributed by atoms with Crippen LogP contribution in [0.1, 0.15) is 13.8 Å². The normalized spacial score (nSPS) is 8.80. The van der Waals surface area contributed by atoms with Crippen molar-refractivity contribution >= 4 is 13.9 Å². The summed E-state index contributed by atoms with van der Waals surface area (Å²) in [6.07, 6.45) is 0. The minimum atomic E-state index is -1.33. The molecule has 10 heavy (non-hydrogen) atoms. The summed E-state index contributed by atoms with van der Waals surface area (Å²) in [5.41, 5.74) is 2.24. The van der Waals surface area contributed by atoms with Crippen molar-refractivity contribution in [3.8, 4) is 5.69 Å². The van der Waals surface area contributed by atoms with Gasteiger partial charge in [-0.2, -0.15) is 0 Å². The van der Waals surface area contributed by atoms with Crippen LogP contribution in [0.2, 0.25) is 19.6 Å². The monoisotopic (exact) mass is 157 g/mol. The smallest absolute Gasteiger partial charge is 0.164 e. The Hall–Kier alpha value is -0.623. The van der Waals surface area contributed by atoms with Gasteiger partial charge in [0.05, 0.1) is 0 Å². The summed E-state index contributed by atoms with van der Waals surface area (Å²) in [6, 6.07) is 0. The lowest BCUT2D eigenvalue weighted by atomic mass is 10.6. The first-order chi connectivity index (χ1) is 4.29. The van der Waals surface area contributed by atoms with E-state index < -0.39 is 8.07 Å². The van der Waals surface area contributed by atoms with Crippen LogP contribution in [0.3, 0.4) is 0 Å². The van der Waals surface area contributed by atoms with Crippen LogP contribution in [0.25, 0.3) is 0 Å². The number of hydrogen-bond donors (Lipinski definition) is 0. The maximum atomic E-state index is 9.44. The minimum absolute atomic E-state index is 0.167. The first-order valence-corrected chi connectivity index (χ1v) is 6.68. The highest BCUT2D eigenvalue weighted by molar-refractivity contribution is 6.83. The van der Waals surface area contributed by atoms with Gasteiger partial charge in [0.25, 0.3) is 0 Å². The molecule has 0 radical (unpaired) electrons. The van der Waals surface area contributed by atoms with Crippen LogP contribution in [0.15, 0.2) is 0 Å². The molecule has 0 N–H and O–H groups in total. The second-order valence-electron chi connectivity index (χ2n) is 3.27. The molecule has 0 spiro atoms. The van der Waals surface area contributed by atoms with Crippen molar-refractivity contribution in [2.24, 2.45) is 0 Å². The maximum absolute atomic E-state index is 9.44. The fraction of sp³-hybridized carbons (Fsp3) is 0.714. The Morgan fingerprint density at radius 2 is 1.40 bits per heavy atom. The first kappa shape index (κ1) is 12.1. The highest BCUT2D eigenvalue weighted by Crippen LogP contribution is 1.94. The number of nitrogens with zero attached hydrogens (tertiary/aromatic N) is 1. The summed E-state index contributed by atoms with van der Waals surface area (Å²) in [7, 11) is -1.33. The molecule has 0 aromatic carbocycles. The third kappa shape index (κ3) is 53.1. The van der Waals surface area contributed by atoms with E-state index >= 15 is 0 Å². The lowest BCUT2D eigenvalue weighted by Crippen LogP contribution is -2.15. The topological polar surface area (TPSA) is 40.9 Å². The third-order valence-corrected chi connectivity index (χ3v) is 1.01. The van der Waals surface area contributed by atoms with E-state index in [1.165, 1.54) is 13.8 Å². The lowest BCUT2D eigenvalue weighted by Gasteiger charge is -1.96. The summed E-state index contributed by atoms with van der Waals surface area (Å²) in [4.78, 5) is 9.44. The number of nitriles is 1. The Balaban J connectivity index is 0. The van der Waals surface area contributed by atoms with Crippen LogP contribution in [0.5, 0.6) is 0 Å². The van der Waals surface area contributed by atoms with Crippen molar-refractivity contribution in [2.75, 3.05) is 0 Å². The van der Waals surface area contributed by atoms with E-state index in [1.54, 1.807) is 0 Å². The Morgan fingerprint density at radius 1 is 1.30 bits per heavy atom. The van der Waals surface area contributed by atoms with E-state index in [1.807, 2.05) is 19.6 Å². The SMILES string of the molecule is CC(C)=O.C[Si](C)(C)C#N. The molecule has 0 aromatic rings. The minimum Gasteiger partial charge on any atom is -0.300 e. The maximum Gasteiger partial charge on any atom is 0.164 e. The van der Waals surface area contributed by atoms with Crippen LogP contribution in [-0.4, -0.2) is 13.9 Å². The lowest BCUT2D eigenvalue weighted by molar-refractivity contribution is -0.114. The molecule has 0 unspecified atom stereocenters. The summed E-state index contributed by atoms with van der Waals surface area (Å²) in [5.74, 6) is 0.167. The quantitative estimate of drug-likeness (QED) is 0.504. The number of rotatable bonds is 0. The van der Waals surface area contributed by atoms with E-state index in [4.69, 9.17) is 5.26 Å². The Bertz CT molecular complexity index is 137. The number of hydrogen-bond acceptors (Lipinski definition) is 2.